The number of hydrogen-bond acceptors (Lipinski definition) is 5. The van der Waals surface area contributed by atoms with Gasteiger partial charge in [-0.15, -0.1) is 0 Å². The standard InChI is InChI=1S/C25H26N4O2/c1-17(2)23-22-14-20(15-26-24(22)31-27-23)25(30)29-12-10-28(11-13-29)16-19-8-5-7-18-6-3-4-9-21(18)19/h3-9,14-15,17H,10-13,16H2,1-2H3. The van der Waals surface area contributed by atoms with Crippen molar-refractivity contribution in [1.29, 1.82) is 0 Å². The van der Waals surface area contributed by atoms with Crippen molar-refractivity contribution in [3.05, 3.63) is 71.5 Å². The van der Waals surface area contributed by atoms with Crippen LogP contribution in [0.1, 0.15) is 41.4 Å². The molecule has 2 aromatic carbocycles. The summed E-state index contributed by atoms with van der Waals surface area (Å²) < 4.78 is 5.30. The number of aromatic nitrogens is 2. The molecule has 0 atom stereocenters. The first-order valence-electron chi connectivity index (χ1n) is 10.8. The predicted octanol–water partition coefficient (Wildman–Crippen LogP) is 4.46. The fourth-order valence-electron chi connectivity index (χ4n) is 4.35. The van der Waals surface area contributed by atoms with E-state index in [2.05, 4.69) is 71.4 Å². The van der Waals surface area contributed by atoms with E-state index >= 15 is 0 Å². The molecule has 0 saturated carbocycles. The zero-order valence-electron chi connectivity index (χ0n) is 17.9. The molecule has 0 unspecified atom stereocenters. The molecule has 2 aromatic heterocycles. The molecule has 5 rings (SSSR count). The lowest BCUT2D eigenvalue weighted by atomic mass is 10.0. The summed E-state index contributed by atoms with van der Waals surface area (Å²) in [6, 6.07) is 16.9. The molecule has 1 aliphatic heterocycles. The summed E-state index contributed by atoms with van der Waals surface area (Å²) in [4.78, 5) is 21.8. The third kappa shape index (κ3) is 3.79. The van der Waals surface area contributed by atoms with Gasteiger partial charge in [-0.25, -0.2) is 4.98 Å². The van der Waals surface area contributed by atoms with Gasteiger partial charge >= 0.3 is 0 Å². The van der Waals surface area contributed by atoms with Crippen molar-refractivity contribution in [2.45, 2.75) is 26.3 Å². The van der Waals surface area contributed by atoms with Crippen LogP contribution in [-0.4, -0.2) is 52.0 Å². The van der Waals surface area contributed by atoms with E-state index in [0.717, 1.165) is 30.7 Å². The summed E-state index contributed by atoms with van der Waals surface area (Å²) >= 11 is 0. The molecule has 0 radical (unpaired) electrons. The maximum atomic E-state index is 13.1. The number of carbonyl (C=O) groups is 1. The molecule has 3 heterocycles. The van der Waals surface area contributed by atoms with E-state index in [9.17, 15) is 4.79 Å². The van der Waals surface area contributed by atoms with Crippen molar-refractivity contribution in [3.63, 3.8) is 0 Å². The lowest BCUT2D eigenvalue weighted by molar-refractivity contribution is 0.0628. The number of rotatable bonds is 4. The third-order valence-electron chi connectivity index (χ3n) is 6.08. The number of hydrogen-bond donors (Lipinski definition) is 0. The van der Waals surface area contributed by atoms with Crippen molar-refractivity contribution >= 4 is 27.8 Å². The number of fused-ring (bicyclic) bond motifs is 2. The summed E-state index contributed by atoms with van der Waals surface area (Å²) in [6.45, 7) is 8.14. The van der Waals surface area contributed by atoms with Gasteiger partial charge in [0.25, 0.3) is 11.6 Å². The Balaban J connectivity index is 1.27. The van der Waals surface area contributed by atoms with Gasteiger partial charge in [0, 0.05) is 38.9 Å². The van der Waals surface area contributed by atoms with Crippen LogP contribution in [0.4, 0.5) is 0 Å². The molecule has 1 aliphatic rings. The molecule has 4 aromatic rings. The fraction of sp³-hybridized carbons (Fsp3) is 0.320. The van der Waals surface area contributed by atoms with Gasteiger partial charge in [-0.1, -0.05) is 61.5 Å². The molecule has 6 heteroatoms. The Morgan fingerprint density at radius 2 is 1.81 bits per heavy atom. The maximum Gasteiger partial charge on any atom is 0.257 e. The van der Waals surface area contributed by atoms with Gasteiger partial charge in [-0.3, -0.25) is 9.69 Å². The van der Waals surface area contributed by atoms with E-state index in [0.29, 0.717) is 24.4 Å². The SMILES string of the molecule is CC(C)c1noc2ncc(C(=O)N3CCN(Cc4cccc5ccccc45)CC3)cc12. The van der Waals surface area contributed by atoms with Crippen LogP contribution in [0, 0.1) is 0 Å². The summed E-state index contributed by atoms with van der Waals surface area (Å²) in [5, 5.41) is 7.51. The molecule has 0 N–H and O–H groups in total. The highest BCUT2D eigenvalue weighted by atomic mass is 16.5. The molecule has 1 saturated heterocycles. The predicted molar refractivity (Wildman–Crippen MR) is 121 cm³/mol. The largest absolute Gasteiger partial charge is 0.336 e. The van der Waals surface area contributed by atoms with Crippen LogP contribution >= 0.6 is 0 Å². The summed E-state index contributed by atoms with van der Waals surface area (Å²) in [7, 11) is 0. The van der Waals surface area contributed by atoms with E-state index in [1.165, 1.54) is 16.3 Å². The van der Waals surface area contributed by atoms with Crippen molar-refractivity contribution in [1.82, 2.24) is 19.9 Å². The van der Waals surface area contributed by atoms with Crippen LogP contribution in [0.2, 0.25) is 0 Å². The summed E-state index contributed by atoms with van der Waals surface area (Å²) in [5.74, 6) is 0.237. The molecular weight excluding hydrogens is 388 g/mol. The Hall–Kier alpha value is -3.25. The normalized spacial score (nSPS) is 15.3. The molecule has 158 valence electrons. The van der Waals surface area contributed by atoms with Crippen molar-refractivity contribution in [3.8, 4) is 0 Å². The fourth-order valence-corrected chi connectivity index (χ4v) is 4.35. The maximum absolute atomic E-state index is 13.1. The first-order chi connectivity index (χ1) is 15.1. The second kappa shape index (κ2) is 8.12. The van der Waals surface area contributed by atoms with Gasteiger partial charge in [0.1, 0.15) is 0 Å². The first-order valence-corrected chi connectivity index (χ1v) is 10.8. The van der Waals surface area contributed by atoms with E-state index < -0.39 is 0 Å². The average Bonchev–Trinajstić information content (AvgIpc) is 3.23. The topological polar surface area (TPSA) is 62.5 Å². The number of nitrogens with zero attached hydrogens (tertiary/aromatic N) is 4. The van der Waals surface area contributed by atoms with Crippen molar-refractivity contribution in [2.75, 3.05) is 26.2 Å². The van der Waals surface area contributed by atoms with Gasteiger partial charge in [-0.05, 0) is 28.3 Å². The molecule has 0 bridgehead atoms. The Labute approximate surface area is 181 Å². The molecule has 0 spiro atoms. The Morgan fingerprint density at radius 3 is 2.61 bits per heavy atom. The Morgan fingerprint density at radius 1 is 1.03 bits per heavy atom. The monoisotopic (exact) mass is 414 g/mol. The second-order valence-corrected chi connectivity index (χ2v) is 8.51. The number of amides is 1. The van der Waals surface area contributed by atoms with Gasteiger partial charge in [-0.2, -0.15) is 0 Å². The Kier molecular flexibility index (Phi) is 5.16. The van der Waals surface area contributed by atoms with E-state index in [1.54, 1.807) is 6.20 Å². The number of piperazine rings is 1. The lowest BCUT2D eigenvalue weighted by Crippen LogP contribution is -2.48. The highest BCUT2D eigenvalue weighted by Crippen LogP contribution is 2.25. The van der Waals surface area contributed by atoms with E-state index in [1.807, 2.05) is 11.0 Å². The first kappa shape index (κ1) is 19.7. The second-order valence-electron chi connectivity index (χ2n) is 8.51. The van der Waals surface area contributed by atoms with Gasteiger partial charge in [0.2, 0.25) is 0 Å². The highest BCUT2D eigenvalue weighted by molar-refractivity contribution is 5.97. The number of pyridine rings is 1. The Bertz CT molecular complexity index is 1230. The quantitative estimate of drug-likeness (QED) is 0.493. The molecule has 1 fully saturated rings. The minimum atomic E-state index is 0.0233. The molecular formula is C25H26N4O2. The molecule has 31 heavy (non-hydrogen) atoms. The minimum Gasteiger partial charge on any atom is -0.336 e. The van der Waals surface area contributed by atoms with Crippen molar-refractivity contribution in [2.24, 2.45) is 0 Å². The van der Waals surface area contributed by atoms with E-state index in [-0.39, 0.29) is 11.8 Å². The highest BCUT2D eigenvalue weighted by Gasteiger charge is 2.24. The third-order valence-corrected chi connectivity index (χ3v) is 6.08. The number of carbonyl (C=O) groups excluding carboxylic acids is 1. The van der Waals surface area contributed by atoms with Crippen LogP contribution in [-0.2, 0) is 6.54 Å². The molecule has 6 nitrogen and oxygen atoms in total. The summed E-state index contributed by atoms with van der Waals surface area (Å²) in [5.41, 5.74) is 3.26. The van der Waals surface area contributed by atoms with Crippen LogP contribution < -0.4 is 0 Å². The van der Waals surface area contributed by atoms with E-state index in [4.69, 9.17) is 4.52 Å². The van der Waals surface area contributed by atoms with Crippen LogP contribution in [0.3, 0.4) is 0 Å². The van der Waals surface area contributed by atoms with Crippen LogP contribution in [0.25, 0.3) is 21.9 Å². The average molecular weight is 415 g/mol. The van der Waals surface area contributed by atoms with Gasteiger partial charge in [0.05, 0.1) is 16.6 Å². The van der Waals surface area contributed by atoms with Gasteiger partial charge < -0.3 is 9.42 Å². The zero-order chi connectivity index (χ0) is 21.4. The van der Waals surface area contributed by atoms with Gasteiger partial charge in [0.15, 0.2) is 0 Å². The summed E-state index contributed by atoms with van der Waals surface area (Å²) in [6.07, 6.45) is 1.60. The van der Waals surface area contributed by atoms with Crippen molar-refractivity contribution < 1.29 is 9.32 Å². The lowest BCUT2D eigenvalue weighted by Gasteiger charge is -2.35. The minimum absolute atomic E-state index is 0.0233. The molecule has 0 aliphatic carbocycles. The van der Waals surface area contributed by atoms with Crippen LogP contribution in [0.15, 0.2) is 59.3 Å². The number of benzene rings is 2. The zero-order valence-corrected chi connectivity index (χ0v) is 17.9. The molecule has 1 amide bonds. The smallest absolute Gasteiger partial charge is 0.257 e. The van der Waals surface area contributed by atoms with Crippen LogP contribution in [0.5, 0.6) is 0 Å².